The average Bonchev–Trinajstić information content (AvgIpc) is 2.68. The van der Waals surface area contributed by atoms with Crippen molar-refractivity contribution in [1.82, 2.24) is 4.90 Å². The van der Waals surface area contributed by atoms with Crippen molar-refractivity contribution in [3.05, 3.63) is 0 Å². The summed E-state index contributed by atoms with van der Waals surface area (Å²) in [5, 5.41) is 1.06. The molecule has 0 spiro atoms. The molecule has 1 saturated heterocycles. The lowest BCUT2D eigenvalue weighted by atomic mass is 10.0. The molecule has 1 aliphatic heterocycles. The van der Waals surface area contributed by atoms with Crippen LogP contribution >= 0.6 is 15.9 Å². The highest BCUT2D eigenvalue weighted by atomic mass is 79.9. The Bertz CT molecular complexity index is 204. The van der Waals surface area contributed by atoms with E-state index in [0.717, 1.165) is 37.2 Å². The molecule has 1 amide bonds. The SMILES string of the molecule is CCC(CC)C(=O)N1CCC(CCBr)C1. The summed E-state index contributed by atoms with van der Waals surface area (Å²) >= 11 is 3.47. The number of nitrogens with zero attached hydrogens (tertiary/aromatic N) is 1. The number of hydrogen-bond donors (Lipinski definition) is 0. The largest absolute Gasteiger partial charge is 0.342 e. The fourth-order valence-electron chi connectivity index (χ4n) is 2.32. The highest BCUT2D eigenvalue weighted by Gasteiger charge is 2.28. The smallest absolute Gasteiger partial charge is 0.225 e. The minimum Gasteiger partial charge on any atom is -0.342 e. The molecule has 1 unspecified atom stereocenters. The third kappa shape index (κ3) is 3.47. The highest BCUT2D eigenvalue weighted by molar-refractivity contribution is 9.09. The van der Waals surface area contributed by atoms with E-state index in [1.807, 2.05) is 0 Å². The summed E-state index contributed by atoms with van der Waals surface area (Å²) < 4.78 is 0. The Hall–Kier alpha value is -0.0500. The van der Waals surface area contributed by atoms with Gasteiger partial charge in [-0.05, 0) is 31.6 Å². The number of carbonyl (C=O) groups excluding carboxylic acids is 1. The Kier molecular flexibility index (Phi) is 5.65. The third-order valence-corrected chi connectivity index (χ3v) is 3.91. The van der Waals surface area contributed by atoms with Crippen molar-refractivity contribution in [3.63, 3.8) is 0 Å². The van der Waals surface area contributed by atoms with Gasteiger partial charge < -0.3 is 4.90 Å². The van der Waals surface area contributed by atoms with Crippen LogP contribution in [0.3, 0.4) is 0 Å². The number of amides is 1. The van der Waals surface area contributed by atoms with Crippen LogP contribution < -0.4 is 0 Å². The first-order valence-electron chi connectivity index (χ1n) is 6.07. The lowest BCUT2D eigenvalue weighted by Gasteiger charge is -2.21. The normalized spacial score (nSPS) is 21.3. The van der Waals surface area contributed by atoms with Crippen molar-refractivity contribution in [3.8, 4) is 0 Å². The van der Waals surface area contributed by atoms with Crippen LogP contribution in [-0.2, 0) is 4.79 Å². The summed E-state index contributed by atoms with van der Waals surface area (Å²) in [4.78, 5) is 14.1. The summed E-state index contributed by atoms with van der Waals surface area (Å²) in [6.45, 7) is 6.18. The van der Waals surface area contributed by atoms with Crippen molar-refractivity contribution in [2.75, 3.05) is 18.4 Å². The molecule has 1 heterocycles. The fourth-order valence-corrected chi connectivity index (χ4v) is 2.97. The van der Waals surface area contributed by atoms with Gasteiger partial charge in [0.1, 0.15) is 0 Å². The number of alkyl halides is 1. The zero-order chi connectivity index (χ0) is 11.3. The molecule has 0 N–H and O–H groups in total. The number of hydrogen-bond acceptors (Lipinski definition) is 1. The molecule has 0 aromatic heterocycles. The molecule has 0 aromatic rings. The van der Waals surface area contributed by atoms with Crippen LogP contribution in [0.15, 0.2) is 0 Å². The lowest BCUT2D eigenvalue weighted by molar-refractivity contribution is -0.134. The molecule has 1 aliphatic rings. The number of likely N-dealkylation sites (tertiary alicyclic amines) is 1. The van der Waals surface area contributed by atoms with Crippen molar-refractivity contribution in [1.29, 1.82) is 0 Å². The second-order valence-corrected chi connectivity index (χ2v) is 5.22. The number of rotatable bonds is 5. The van der Waals surface area contributed by atoms with Gasteiger partial charge in [-0.3, -0.25) is 4.79 Å². The first-order chi connectivity index (χ1) is 7.22. The van der Waals surface area contributed by atoms with E-state index in [2.05, 4.69) is 34.7 Å². The number of halogens is 1. The lowest BCUT2D eigenvalue weighted by Crippen LogP contribution is -2.34. The summed E-state index contributed by atoms with van der Waals surface area (Å²) in [5.41, 5.74) is 0. The molecule has 0 aromatic carbocycles. The topological polar surface area (TPSA) is 20.3 Å². The molecule has 0 saturated carbocycles. The van der Waals surface area contributed by atoms with Gasteiger partial charge in [-0.15, -0.1) is 0 Å². The molecule has 0 radical (unpaired) electrons. The predicted octanol–water partition coefficient (Wildman–Crippen LogP) is 3.06. The van der Waals surface area contributed by atoms with Crippen molar-refractivity contribution in [2.45, 2.75) is 39.5 Å². The van der Waals surface area contributed by atoms with Crippen LogP contribution in [-0.4, -0.2) is 29.2 Å². The summed E-state index contributed by atoms with van der Waals surface area (Å²) in [6.07, 6.45) is 4.36. The van der Waals surface area contributed by atoms with E-state index < -0.39 is 0 Å². The Morgan fingerprint density at radius 3 is 2.67 bits per heavy atom. The molecule has 1 atom stereocenters. The van der Waals surface area contributed by atoms with Gasteiger partial charge in [0, 0.05) is 24.3 Å². The summed E-state index contributed by atoms with van der Waals surface area (Å²) in [6, 6.07) is 0. The average molecular weight is 276 g/mol. The van der Waals surface area contributed by atoms with Gasteiger partial charge in [0.25, 0.3) is 0 Å². The van der Waals surface area contributed by atoms with E-state index in [1.165, 1.54) is 12.8 Å². The zero-order valence-electron chi connectivity index (χ0n) is 9.84. The molecule has 1 rings (SSSR count). The Morgan fingerprint density at radius 1 is 1.47 bits per heavy atom. The van der Waals surface area contributed by atoms with Gasteiger partial charge >= 0.3 is 0 Å². The second-order valence-electron chi connectivity index (χ2n) is 4.43. The molecule has 2 nitrogen and oxygen atoms in total. The minimum absolute atomic E-state index is 0.257. The molecule has 3 heteroatoms. The van der Waals surface area contributed by atoms with Gasteiger partial charge in [0.05, 0.1) is 0 Å². The van der Waals surface area contributed by atoms with E-state index in [4.69, 9.17) is 0 Å². The number of carbonyl (C=O) groups is 1. The second kappa shape index (κ2) is 6.51. The molecular weight excluding hydrogens is 254 g/mol. The fraction of sp³-hybridized carbons (Fsp3) is 0.917. The Labute approximate surface area is 102 Å². The third-order valence-electron chi connectivity index (χ3n) is 3.45. The first kappa shape index (κ1) is 13.0. The van der Waals surface area contributed by atoms with Gasteiger partial charge in [0.2, 0.25) is 5.91 Å². The quantitative estimate of drug-likeness (QED) is 0.707. The molecule has 15 heavy (non-hydrogen) atoms. The van der Waals surface area contributed by atoms with Gasteiger partial charge in [0.15, 0.2) is 0 Å². The summed E-state index contributed by atoms with van der Waals surface area (Å²) in [7, 11) is 0. The molecule has 88 valence electrons. The Morgan fingerprint density at radius 2 is 2.13 bits per heavy atom. The predicted molar refractivity (Wildman–Crippen MR) is 67.2 cm³/mol. The standard InChI is InChI=1S/C12H22BrNO/c1-3-11(4-2)12(15)14-8-6-10(9-14)5-7-13/h10-11H,3-9H2,1-2H3. The van der Waals surface area contributed by atoms with Crippen LogP contribution in [0.5, 0.6) is 0 Å². The van der Waals surface area contributed by atoms with Crippen LogP contribution in [0, 0.1) is 11.8 Å². The van der Waals surface area contributed by atoms with Gasteiger partial charge in [-0.25, -0.2) is 0 Å². The maximum atomic E-state index is 12.1. The monoisotopic (exact) mass is 275 g/mol. The van der Waals surface area contributed by atoms with Gasteiger partial charge in [-0.1, -0.05) is 29.8 Å². The van der Waals surface area contributed by atoms with Crippen LogP contribution in [0.4, 0.5) is 0 Å². The molecule has 0 aliphatic carbocycles. The molecule has 1 fully saturated rings. The van der Waals surface area contributed by atoms with E-state index in [9.17, 15) is 4.79 Å². The molecular formula is C12H22BrNO. The minimum atomic E-state index is 0.257. The van der Waals surface area contributed by atoms with Crippen molar-refractivity contribution >= 4 is 21.8 Å². The maximum absolute atomic E-state index is 12.1. The Balaban J connectivity index is 2.42. The van der Waals surface area contributed by atoms with Crippen molar-refractivity contribution in [2.24, 2.45) is 11.8 Å². The van der Waals surface area contributed by atoms with Crippen LogP contribution in [0.1, 0.15) is 39.5 Å². The van der Waals surface area contributed by atoms with Crippen LogP contribution in [0.2, 0.25) is 0 Å². The van der Waals surface area contributed by atoms with E-state index in [1.54, 1.807) is 0 Å². The van der Waals surface area contributed by atoms with E-state index in [0.29, 0.717) is 5.91 Å². The van der Waals surface area contributed by atoms with E-state index in [-0.39, 0.29) is 5.92 Å². The first-order valence-corrected chi connectivity index (χ1v) is 7.19. The zero-order valence-corrected chi connectivity index (χ0v) is 11.4. The van der Waals surface area contributed by atoms with E-state index >= 15 is 0 Å². The molecule has 0 bridgehead atoms. The van der Waals surface area contributed by atoms with Gasteiger partial charge in [-0.2, -0.15) is 0 Å². The van der Waals surface area contributed by atoms with Crippen LogP contribution in [0.25, 0.3) is 0 Å². The highest BCUT2D eigenvalue weighted by Crippen LogP contribution is 2.23. The summed E-state index contributed by atoms with van der Waals surface area (Å²) in [5.74, 6) is 1.37. The van der Waals surface area contributed by atoms with Crippen molar-refractivity contribution < 1.29 is 4.79 Å². The maximum Gasteiger partial charge on any atom is 0.225 e.